The zero-order valence-corrected chi connectivity index (χ0v) is 22.8. The molecule has 0 saturated heterocycles. The number of benzene rings is 4. The van der Waals surface area contributed by atoms with Gasteiger partial charge < -0.3 is 20.1 Å². The first-order valence-electron chi connectivity index (χ1n) is 13.6. The predicted molar refractivity (Wildman–Crippen MR) is 157 cm³/mol. The van der Waals surface area contributed by atoms with E-state index in [0.717, 1.165) is 6.42 Å². The van der Waals surface area contributed by atoms with E-state index in [2.05, 4.69) is 6.92 Å². The summed E-state index contributed by atoms with van der Waals surface area (Å²) in [4.78, 5) is 23.1. The predicted octanol–water partition coefficient (Wildman–Crippen LogP) is 8.27. The van der Waals surface area contributed by atoms with Gasteiger partial charge in [-0.2, -0.15) is 0 Å². The summed E-state index contributed by atoms with van der Waals surface area (Å²) in [5.74, 6) is -0.967. The van der Waals surface area contributed by atoms with Crippen LogP contribution in [0.15, 0.2) is 97.1 Å². The third-order valence-electron chi connectivity index (χ3n) is 6.39. The summed E-state index contributed by atoms with van der Waals surface area (Å²) in [5, 5.41) is 28.1. The molecule has 0 radical (unpaired) electrons. The van der Waals surface area contributed by atoms with Crippen molar-refractivity contribution < 1.29 is 29.6 Å². The molecule has 4 aromatic rings. The highest BCUT2D eigenvalue weighted by Crippen LogP contribution is 2.26. The smallest absolute Gasteiger partial charge is 0.347 e. The zero-order chi connectivity index (χ0) is 28.7. The maximum atomic E-state index is 12.0. The molecule has 6 nitrogen and oxygen atoms in total. The number of para-hydroxylation sites is 1. The zero-order valence-electron chi connectivity index (χ0n) is 22.8. The number of rotatable bonds is 11. The molecule has 4 aromatic carbocycles. The standard InChI is InChI=1S/C21H26O3.C13H10O3/c1-2-3-4-5-6-7-10-17-13-15-18(16-14-17)24-21(23)19-11-8-9-12-20(19)22;14-10-5-3-4-9(8-10)11-6-1-2-7-12(11)13(15)16/h8-9,11-16,22H,2-7,10H2,1H3;1-8,14H,(H,15,16). The summed E-state index contributed by atoms with van der Waals surface area (Å²) >= 11 is 0. The summed E-state index contributed by atoms with van der Waals surface area (Å²) in [6.07, 6.45) is 8.77. The van der Waals surface area contributed by atoms with Gasteiger partial charge >= 0.3 is 11.9 Å². The van der Waals surface area contributed by atoms with Crippen LogP contribution in [0.3, 0.4) is 0 Å². The Labute approximate surface area is 235 Å². The van der Waals surface area contributed by atoms with Crippen molar-refractivity contribution in [1.29, 1.82) is 0 Å². The molecule has 0 aliphatic carbocycles. The Morgan fingerprint density at radius 3 is 2.02 bits per heavy atom. The molecule has 0 amide bonds. The lowest BCUT2D eigenvalue weighted by Gasteiger charge is -2.07. The van der Waals surface area contributed by atoms with Crippen molar-refractivity contribution in [2.75, 3.05) is 0 Å². The van der Waals surface area contributed by atoms with Crippen molar-refractivity contribution in [1.82, 2.24) is 0 Å². The van der Waals surface area contributed by atoms with Crippen LogP contribution in [0.1, 0.15) is 71.7 Å². The monoisotopic (exact) mass is 540 g/mol. The van der Waals surface area contributed by atoms with Crippen molar-refractivity contribution in [2.24, 2.45) is 0 Å². The normalized spacial score (nSPS) is 10.3. The third-order valence-corrected chi connectivity index (χ3v) is 6.39. The third kappa shape index (κ3) is 9.31. The van der Waals surface area contributed by atoms with Gasteiger partial charge in [0.25, 0.3) is 0 Å². The van der Waals surface area contributed by atoms with Crippen LogP contribution in [0, 0.1) is 0 Å². The number of phenolic OH excluding ortho intramolecular Hbond substituents is 2. The first kappa shape index (κ1) is 30.0. The van der Waals surface area contributed by atoms with Gasteiger partial charge in [-0.05, 0) is 72.0 Å². The average molecular weight is 541 g/mol. The van der Waals surface area contributed by atoms with E-state index in [1.807, 2.05) is 24.3 Å². The topological polar surface area (TPSA) is 104 Å². The molecule has 0 aliphatic rings. The molecule has 3 N–H and O–H groups in total. The number of phenols is 2. The number of hydrogen-bond donors (Lipinski definition) is 3. The number of esters is 1. The van der Waals surface area contributed by atoms with Gasteiger partial charge in [-0.15, -0.1) is 0 Å². The second-order valence-corrected chi connectivity index (χ2v) is 9.47. The minimum Gasteiger partial charge on any atom is -0.508 e. The number of carbonyl (C=O) groups is 2. The Hall–Kier alpha value is -4.58. The number of carboxylic acids is 1. The SMILES string of the molecule is CCCCCCCCc1ccc(OC(=O)c2ccccc2O)cc1.O=C(O)c1ccccc1-c1cccc(O)c1. The highest BCUT2D eigenvalue weighted by atomic mass is 16.5. The van der Waals surface area contributed by atoms with E-state index < -0.39 is 11.9 Å². The number of aromatic carboxylic acids is 1. The molecular formula is C34H36O6. The van der Waals surface area contributed by atoms with E-state index >= 15 is 0 Å². The van der Waals surface area contributed by atoms with Crippen molar-refractivity contribution >= 4 is 11.9 Å². The van der Waals surface area contributed by atoms with E-state index in [0.29, 0.717) is 16.9 Å². The maximum Gasteiger partial charge on any atom is 0.347 e. The van der Waals surface area contributed by atoms with Gasteiger partial charge in [0, 0.05) is 0 Å². The van der Waals surface area contributed by atoms with Gasteiger partial charge in [-0.25, -0.2) is 9.59 Å². The van der Waals surface area contributed by atoms with E-state index in [1.54, 1.807) is 66.7 Å². The Balaban J connectivity index is 0.000000238. The highest BCUT2D eigenvalue weighted by molar-refractivity contribution is 5.96. The number of aryl methyl sites for hydroxylation is 1. The van der Waals surface area contributed by atoms with Gasteiger partial charge in [-0.3, -0.25) is 0 Å². The lowest BCUT2D eigenvalue weighted by atomic mass is 10.00. The van der Waals surface area contributed by atoms with E-state index in [4.69, 9.17) is 9.84 Å². The Morgan fingerprint density at radius 2 is 1.35 bits per heavy atom. The van der Waals surface area contributed by atoms with Crippen LogP contribution in [0.25, 0.3) is 11.1 Å². The average Bonchev–Trinajstić information content (AvgIpc) is 2.96. The fourth-order valence-electron chi connectivity index (χ4n) is 4.24. The molecule has 6 heteroatoms. The number of carboxylic acid groups (broad SMARTS) is 1. The van der Waals surface area contributed by atoms with Crippen LogP contribution < -0.4 is 4.74 Å². The Bertz CT molecular complexity index is 1380. The maximum absolute atomic E-state index is 12.0. The molecule has 0 bridgehead atoms. The Kier molecular flexibility index (Phi) is 11.8. The molecule has 208 valence electrons. The van der Waals surface area contributed by atoms with Crippen molar-refractivity contribution in [3.8, 4) is 28.4 Å². The van der Waals surface area contributed by atoms with Crippen LogP contribution in [0.2, 0.25) is 0 Å². The lowest BCUT2D eigenvalue weighted by molar-refractivity contribution is 0.0694. The van der Waals surface area contributed by atoms with Gasteiger partial charge in [0.05, 0.1) is 5.56 Å². The number of unbranched alkanes of at least 4 members (excludes halogenated alkanes) is 5. The van der Waals surface area contributed by atoms with Crippen molar-refractivity contribution in [2.45, 2.75) is 51.9 Å². The summed E-state index contributed by atoms with van der Waals surface area (Å²) in [6, 6.07) is 27.3. The number of ether oxygens (including phenoxy) is 1. The van der Waals surface area contributed by atoms with Crippen LogP contribution in [0.5, 0.6) is 17.2 Å². The molecule has 0 atom stereocenters. The number of hydrogen-bond acceptors (Lipinski definition) is 5. The van der Waals surface area contributed by atoms with E-state index in [1.165, 1.54) is 50.2 Å². The van der Waals surface area contributed by atoms with Crippen LogP contribution in [0.4, 0.5) is 0 Å². The number of aromatic hydroxyl groups is 2. The molecule has 0 unspecified atom stereocenters. The molecular weight excluding hydrogens is 504 g/mol. The molecule has 0 aromatic heterocycles. The highest BCUT2D eigenvalue weighted by Gasteiger charge is 2.13. The van der Waals surface area contributed by atoms with Gasteiger partial charge in [-0.1, -0.05) is 93.6 Å². The largest absolute Gasteiger partial charge is 0.508 e. The van der Waals surface area contributed by atoms with Crippen LogP contribution in [-0.4, -0.2) is 27.3 Å². The molecule has 0 fully saturated rings. The van der Waals surface area contributed by atoms with Crippen molar-refractivity contribution in [3.05, 3.63) is 114 Å². The molecule has 0 aliphatic heterocycles. The summed E-state index contributed by atoms with van der Waals surface area (Å²) in [7, 11) is 0. The molecule has 0 spiro atoms. The lowest BCUT2D eigenvalue weighted by Crippen LogP contribution is -2.08. The van der Waals surface area contributed by atoms with Gasteiger partial charge in [0.2, 0.25) is 0 Å². The summed E-state index contributed by atoms with van der Waals surface area (Å²) < 4.78 is 5.31. The molecule has 40 heavy (non-hydrogen) atoms. The fraction of sp³-hybridized carbons (Fsp3) is 0.235. The molecule has 0 saturated carbocycles. The second kappa shape index (κ2) is 15.7. The van der Waals surface area contributed by atoms with Crippen LogP contribution >= 0.6 is 0 Å². The quantitative estimate of drug-likeness (QED) is 0.100. The minimum atomic E-state index is -0.973. The summed E-state index contributed by atoms with van der Waals surface area (Å²) in [6.45, 7) is 2.23. The summed E-state index contributed by atoms with van der Waals surface area (Å²) in [5.41, 5.74) is 2.96. The van der Waals surface area contributed by atoms with E-state index in [-0.39, 0.29) is 22.6 Å². The van der Waals surface area contributed by atoms with Crippen LogP contribution in [-0.2, 0) is 6.42 Å². The van der Waals surface area contributed by atoms with Gasteiger partial charge in [0.1, 0.15) is 22.8 Å². The van der Waals surface area contributed by atoms with Gasteiger partial charge in [0.15, 0.2) is 0 Å². The number of carbonyl (C=O) groups excluding carboxylic acids is 1. The second-order valence-electron chi connectivity index (χ2n) is 9.47. The van der Waals surface area contributed by atoms with Crippen molar-refractivity contribution in [3.63, 3.8) is 0 Å². The first-order valence-corrected chi connectivity index (χ1v) is 13.6. The molecule has 0 heterocycles. The first-order chi connectivity index (χ1) is 19.4. The Morgan fingerprint density at radius 1 is 0.700 bits per heavy atom. The van der Waals surface area contributed by atoms with E-state index in [9.17, 15) is 19.8 Å². The molecule has 4 rings (SSSR count). The minimum absolute atomic E-state index is 0.0674. The fourth-order valence-corrected chi connectivity index (χ4v) is 4.24.